The van der Waals surface area contributed by atoms with Crippen molar-refractivity contribution in [1.29, 1.82) is 0 Å². The van der Waals surface area contributed by atoms with Crippen molar-refractivity contribution in [1.82, 2.24) is 0 Å². The highest BCUT2D eigenvalue weighted by molar-refractivity contribution is 5.29. The van der Waals surface area contributed by atoms with Crippen molar-refractivity contribution in [3.05, 3.63) is 47.6 Å². The zero-order valence-electron chi connectivity index (χ0n) is 11.7. The molecule has 0 unspecified atom stereocenters. The summed E-state index contributed by atoms with van der Waals surface area (Å²) < 4.78 is 0. The van der Waals surface area contributed by atoms with Crippen LogP contribution in [0.1, 0.15) is 58.3 Å². The lowest BCUT2D eigenvalue weighted by atomic mass is 9.95. The zero-order valence-corrected chi connectivity index (χ0v) is 11.7. The van der Waals surface area contributed by atoms with Gasteiger partial charge < -0.3 is 0 Å². The summed E-state index contributed by atoms with van der Waals surface area (Å²) in [5.41, 5.74) is 3.07. The van der Waals surface area contributed by atoms with Crippen LogP contribution in [0.25, 0.3) is 0 Å². The molecule has 0 aromatic heterocycles. The van der Waals surface area contributed by atoms with Gasteiger partial charge in [0.1, 0.15) is 0 Å². The number of rotatable bonds is 4. The van der Waals surface area contributed by atoms with Crippen LogP contribution in [0.4, 0.5) is 0 Å². The fraction of sp³-hybridized carbons (Fsp3) is 0.556. The Bertz CT molecular complexity index is 359. The van der Waals surface area contributed by atoms with E-state index in [1.807, 2.05) is 0 Å². The van der Waals surface area contributed by atoms with Crippen LogP contribution in [0, 0.1) is 5.92 Å². The van der Waals surface area contributed by atoms with Gasteiger partial charge in [-0.3, -0.25) is 0 Å². The van der Waals surface area contributed by atoms with Crippen LogP contribution in [-0.4, -0.2) is 0 Å². The quantitative estimate of drug-likeness (QED) is 0.590. The van der Waals surface area contributed by atoms with E-state index in [0.717, 1.165) is 12.3 Å². The molecule has 2 aliphatic rings. The number of hydrogen-bond donors (Lipinski definition) is 0. The molecule has 0 bridgehead atoms. The van der Waals surface area contributed by atoms with Gasteiger partial charge in [-0.2, -0.15) is 0 Å². The van der Waals surface area contributed by atoms with E-state index in [9.17, 15) is 0 Å². The summed E-state index contributed by atoms with van der Waals surface area (Å²) in [6.07, 6.45) is 24.4. The van der Waals surface area contributed by atoms with Gasteiger partial charge in [-0.05, 0) is 30.8 Å². The third-order valence-electron chi connectivity index (χ3n) is 4.03. The Hall–Kier alpha value is -1.04. The zero-order chi connectivity index (χ0) is 12.6. The molecule has 2 rings (SSSR count). The molecular weight excluding hydrogens is 216 g/mol. The maximum absolute atomic E-state index is 2.36. The summed E-state index contributed by atoms with van der Waals surface area (Å²) in [5, 5.41) is 0. The molecule has 1 saturated carbocycles. The molecule has 0 aliphatic heterocycles. The Labute approximate surface area is 112 Å². The van der Waals surface area contributed by atoms with Gasteiger partial charge in [-0.1, -0.05) is 81.1 Å². The Kier molecular flexibility index (Phi) is 5.51. The summed E-state index contributed by atoms with van der Waals surface area (Å²) in [6, 6.07) is 0. The third kappa shape index (κ3) is 4.33. The first-order chi connectivity index (χ1) is 8.88. The molecule has 0 amide bonds. The van der Waals surface area contributed by atoms with E-state index >= 15 is 0 Å². The van der Waals surface area contributed by atoms with Crippen molar-refractivity contribution in [3.63, 3.8) is 0 Å². The molecule has 1 fully saturated rings. The summed E-state index contributed by atoms with van der Waals surface area (Å²) in [7, 11) is 0. The molecule has 18 heavy (non-hydrogen) atoms. The SMILES string of the molecule is CCC/C1=C/C=C\C=C(\CC2CCCC2)CC=C1. The molecule has 98 valence electrons. The normalized spacial score (nSPS) is 28.7. The predicted molar refractivity (Wildman–Crippen MR) is 80.5 cm³/mol. The monoisotopic (exact) mass is 242 g/mol. The van der Waals surface area contributed by atoms with Crippen LogP contribution in [-0.2, 0) is 0 Å². The van der Waals surface area contributed by atoms with Gasteiger partial charge in [0, 0.05) is 0 Å². The van der Waals surface area contributed by atoms with E-state index in [-0.39, 0.29) is 0 Å². The average Bonchev–Trinajstić information content (AvgIpc) is 2.88. The highest BCUT2D eigenvalue weighted by atomic mass is 14.2. The van der Waals surface area contributed by atoms with Crippen LogP contribution >= 0.6 is 0 Å². The van der Waals surface area contributed by atoms with E-state index < -0.39 is 0 Å². The minimum Gasteiger partial charge on any atom is -0.0802 e. The third-order valence-corrected chi connectivity index (χ3v) is 4.03. The van der Waals surface area contributed by atoms with E-state index in [1.54, 1.807) is 5.57 Å². The van der Waals surface area contributed by atoms with E-state index in [2.05, 4.69) is 43.4 Å². The largest absolute Gasteiger partial charge is 0.0802 e. The molecule has 0 saturated heterocycles. The maximum atomic E-state index is 2.36. The van der Waals surface area contributed by atoms with Gasteiger partial charge in [0.15, 0.2) is 0 Å². The van der Waals surface area contributed by atoms with Gasteiger partial charge >= 0.3 is 0 Å². The van der Waals surface area contributed by atoms with Gasteiger partial charge in [-0.15, -0.1) is 0 Å². The summed E-state index contributed by atoms with van der Waals surface area (Å²) >= 11 is 0. The summed E-state index contributed by atoms with van der Waals surface area (Å²) in [6.45, 7) is 2.24. The molecular formula is C18H26. The lowest BCUT2D eigenvalue weighted by Gasteiger charge is -2.10. The number of hydrogen-bond acceptors (Lipinski definition) is 0. The molecule has 0 spiro atoms. The minimum atomic E-state index is 0.960. The Balaban J connectivity index is 1.93. The minimum absolute atomic E-state index is 0.960. The van der Waals surface area contributed by atoms with Crippen LogP contribution in [0.3, 0.4) is 0 Å². The van der Waals surface area contributed by atoms with Crippen LogP contribution in [0.2, 0.25) is 0 Å². The lowest BCUT2D eigenvalue weighted by molar-refractivity contribution is 0.539. The molecule has 0 aromatic carbocycles. The van der Waals surface area contributed by atoms with Crippen LogP contribution < -0.4 is 0 Å². The second-order valence-corrected chi connectivity index (χ2v) is 5.66. The second-order valence-electron chi connectivity index (χ2n) is 5.66. The molecule has 0 radical (unpaired) electrons. The van der Waals surface area contributed by atoms with Crippen molar-refractivity contribution in [2.24, 2.45) is 5.92 Å². The first-order valence-electron chi connectivity index (χ1n) is 7.60. The molecule has 0 heteroatoms. The van der Waals surface area contributed by atoms with Gasteiger partial charge in [-0.25, -0.2) is 0 Å². The Morgan fingerprint density at radius 3 is 2.67 bits per heavy atom. The molecule has 0 heterocycles. The molecule has 0 N–H and O–H groups in total. The first-order valence-corrected chi connectivity index (χ1v) is 7.60. The van der Waals surface area contributed by atoms with E-state index in [1.165, 1.54) is 50.5 Å². The van der Waals surface area contributed by atoms with Crippen molar-refractivity contribution < 1.29 is 0 Å². The highest BCUT2D eigenvalue weighted by Gasteiger charge is 2.15. The molecule has 0 aromatic rings. The van der Waals surface area contributed by atoms with Crippen LogP contribution in [0.15, 0.2) is 47.6 Å². The van der Waals surface area contributed by atoms with Gasteiger partial charge in [0.25, 0.3) is 0 Å². The van der Waals surface area contributed by atoms with Crippen molar-refractivity contribution in [3.8, 4) is 0 Å². The van der Waals surface area contributed by atoms with Crippen molar-refractivity contribution in [2.75, 3.05) is 0 Å². The van der Waals surface area contributed by atoms with E-state index in [0.29, 0.717) is 0 Å². The Morgan fingerprint density at radius 1 is 1.11 bits per heavy atom. The average molecular weight is 242 g/mol. The molecule has 0 atom stereocenters. The summed E-state index contributed by atoms with van der Waals surface area (Å²) in [4.78, 5) is 0. The predicted octanol–water partition coefficient (Wildman–Crippen LogP) is 5.74. The smallest absolute Gasteiger partial charge is 0.0132 e. The first kappa shape index (κ1) is 13.4. The fourth-order valence-corrected chi connectivity index (χ4v) is 3.05. The fourth-order valence-electron chi connectivity index (χ4n) is 3.05. The number of allylic oxidation sites excluding steroid dienone is 8. The standard InChI is InChI=1S/C18H26/c1-2-8-16-9-3-4-12-18(14-7-13-16)15-17-10-5-6-11-17/h3-4,7,9,12-13,17H,2,5-6,8,10-11,14-15H2,1H3/b4-3-,13-7?,16-9-,18-12+. The van der Waals surface area contributed by atoms with Crippen LogP contribution in [0.5, 0.6) is 0 Å². The Morgan fingerprint density at radius 2 is 1.89 bits per heavy atom. The maximum Gasteiger partial charge on any atom is -0.0132 e. The van der Waals surface area contributed by atoms with Crippen molar-refractivity contribution in [2.45, 2.75) is 58.3 Å². The molecule has 0 nitrogen and oxygen atoms in total. The van der Waals surface area contributed by atoms with Crippen molar-refractivity contribution >= 4 is 0 Å². The van der Waals surface area contributed by atoms with Gasteiger partial charge in [0.2, 0.25) is 0 Å². The lowest BCUT2D eigenvalue weighted by Crippen LogP contribution is -1.95. The van der Waals surface area contributed by atoms with Gasteiger partial charge in [0.05, 0.1) is 0 Å². The summed E-state index contributed by atoms with van der Waals surface area (Å²) in [5.74, 6) is 0.960. The topological polar surface area (TPSA) is 0 Å². The second kappa shape index (κ2) is 7.41. The molecule has 2 aliphatic carbocycles. The van der Waals surface area contributed by atoms with E-state index in [4.69, 9.17) is 0 Å². The highest BCUT2D eigenvalue weighted by Crippen LogP contribution is 2.31.